The molecule has 0 aromatic carbocycles. The molecular formula is C3H7NS2Te. The Hall–Kier alpha value is 1.03. The minimum atomic E-state index is 0.953. The molecule has 42 valence electrons. The quantitative estimate of drug-likeness (QED) is 0.451. The zero-order chi connectivity index (χ0) is 5.86. The van der Waals surface area contributed by atoms with Crippen molar-refractivity contribution in [3.63, 3.8) is 0 Å². The molecule has 0 aliphatic carbocycles. The Bertz CT molecular complexity index is 73.3. The molecule has 0 rings (SSSR count). The molecule has 0 aromatic heterocycles. The summed E-state index contributed by atoms with van der Waals surface area (Å²) in [5.74, 6) is 0. The molecule has 0 amide bonds. The molecule has 4 heteroatoms. The van der Waals surface area contributed by atoms with Crippen LogP contribution in [0.4, 0.5) is 0 Å². The molecule has 0 atom stereocenters. The number of thiocarbonyl (C=S) groups is 1. The first-order chi connectivity index (χ1) is 3.18. The Kier molecular flexibility index (Phi) is 4.55. The number of rotatable bonds is 0. The molecule has 0 unspecified atom stereocenters. The van der Waals surface area contributed by atoms with Crippen LogP contribution >= 0.6 is 21.2 Å². The third-order valence-electron chi connectivity index (χ3n) is 0.443. The van der Waals surface area contributed by atoms with E-state index in [2.05, 4.69) is 0 Å². The van der Waals surface area contributed by atoms with Crippen molar-refractivity contribution in [1.82, 2.24) is 4.90 Å². The number of hydrogen-bond acceptors (Lipinski definition) is 2. The van der Waals surface area contributed by atoms with Gasteiger partial charge in [0.25, 0.3) is 0 Å². The van der Waals surface area contributed by atoms with E-state index < -0.39 is 0 Å². The standard InChI is InChI=1S/C3H7NS2Te/c1-4(2)3(5)6-7/h7H,1-2H3. The molecule has 7 heavy (non-hydrogen) atoms. The van der Waals surface area contributed by atoms with Crippen molar-refractivity contribution in [1.29, 1.82) is 0 Å². The van der Waals surface area contributed by atoms with Crippen LogP contribution in [-0.4, -0.2) is 44.2 Å². The molecule has 0 fully saturated rings. The van der Waals surface area contributed by atoms with E-state index in [1.54, 1.807) is 29.9 Å². The van der Waals surface area contributed by atoms with Crippen LogP contribution in [0, 0.1) is 0 Å². The molecule has 0 aliphatic heterocycles. The average Bonchev–Trinajstić information content (AvgIpc) is 1.65. The van der Waals surface area contributed by atoms with Crippen LogP contribution < -0.4 is 0 Å². The van der Waals surface area contributed by atoms with Crippen LogP contribution in [0.25, 0.3) is 0 Å². The topological polar surface area (TPSA) is 3.24 Å². The predicted octanol–water partition coefficient (Wildman–Crippen LogP) is 0.382. The summed E-state index contributed by atoms with van der Waals surface area (Å²) in [6.07, 6.45) is 0. The molecule has 0 saturated carbocycles. The Labute approximate surface area is 65.2 Å². The van der Waals surface area contributed by atoms with Gasteiger partial charge in [-0.25, -0.2) is 0 Å². The molecule has 0 aliphatic rings. The average molecular weight is 249 g/mol. The number of nitrogens with zero attached hydrogens (tertiary/aromatic N) is 1. The molecule has 0 radical (unpaired) electrons. The zero-order valence-corrected chi connectivity index (χ0v) is 8.40. The van der Waals surface area contributed by atoms with Crippen molar-refractivity contribution in [3.8, 4) is 0 Å². The van der Waals surface area contributed by atoms with Crippen LogP contribution in [-0.2, 0) is 0 Å². The van der Waals surface area contributed by atoms with Gasteiger partial charge in [0.05, 0.1) is 0 Å². The fourth-order valence-electron chi connectivity index (χ4n) is 0.0816. The van der Waals surface area contributed by atoms with E-state index in [0.29, 0.717) is 0 Å². The molecular weight excluding hydrogens is 242 g/mol. The van der Waals surface area contributed by atoms with Gasteiger partial charge in [-0.05, 0) is 0 Å². The molecule has 0 saturated heterocycles. The van der Waals surface area contributed by atoms with Crippen LogP contribution in [0.3, 0.4) is 0 Å². The van der Waals surface area contributed by atoms with Gasteiger partial charge in [-0.15, -0.1) is 0 Å². The zero-order valence-electron chi connectivity index (χ0n) is 4.21. The Morgan fingerprint density at radius 1 is 1.71 bits per heavy atom. The maximum atomic E-state index is 4.88. The second-order valence-electron chi connectivity index (χ2n) is 1.25. The van der Waals surface area contributed by atoms with Crippen molar-refractivity contribution in [2.24, 2.45) is 0 Å². The summed E-state index contributed by atoms with van der Waals surface area (Å²) < 4.78 is 0.953. The molecule has 0 heterocycles. The summed E-state index contributed by atoms with van der Waals surface area (Å²) in [5.41, 5.74) is 0. The van der Waals surface area contributed by atoms with Gasteiger partial charge in [-0.1, -0.05) is 0 Å². The fourth-order valence-corrected chi connectivity index (χ4v) is 1.64. The van der Waals surface area contributed by atoms with Gasteiger partial charge in [0, 0.05) is 0 Å². The minimum absolute atomic E-state index is 0.953. The Morgan fingerprint density at radius 3 is 2.14 bits per heavy atom. The molecule has 0 aromatic rings. The van der Waals surface area contributed by atoms with Crippen LogP contribution in [0.15, 0.2) is 0 Å². The molecule has 1 nitrogen and oxygen atoms in total. The summed E-state index contributed by atoms with van der Waals surface area (Å²) in [5, 5.41) is 0. The van der Waals surface area contributed by atoms with Gasteiger partial charge in [0.2, 0.25) is 0 Å². The van der Waals surface area contributed by atoms with E-state index in [9.17, 15) is 0 Å². The summed E-state index contributed by atoms with van der Waals surface area (Å²) in [7, 11) is 5.54. The van der Waals surface area contributed by atoms with Crippen LogP contribution in [0.1, 0.15) is 0 Å². The summed E-state index contributed by atoms with van der Waals surface area (Å²) in [6.45, 7) is 0. The summed E-state index contributed by atoms with van der Waals surface area (Å²) in [4.78, 5) is 1.93. The molecule has 0 N–H and O–H groups in total. The third kappa shape index (κ3) is 3.60. The van der Waals surface area contributed by atoms with Gasteiger partial charge >= 0.3 is 65.4 Å². The fraction of sp³-hybridized carbons (Fsp3) is 0.667. The van der Waals surface area contributed by atoms with Crippen molar-refractivity contribution in [3.05, 3.63) is 0 Å². The summed E-state index contributed by atoms with van der Waals surface area (Å²) in [6, 6.07) is 0. The van der Waals surface area contributed by atoms with Crippen molar-refractivity contribution in [2.75, 3.05) is 14.1 Å². The predicted molar refractivity (Wildman–Crippen MR) is 41.0 cm³/mol. The van der Waals surface area contributed by atoms with Gasteiger partial charge in [0.15, 0.2) is 0 Å². The SMILES string of the molecule is CN(C)C(=S)S[TeH]. The number of hydrogen-bond donors (Lipinski definition) is 0. The molecule has 0 spiro atoms. The second kappa shape index (κ2) is 3.96. The van der Waals surface area contributed by atoms with E-state index in [4.69, 9.17) is 12.2 Å². The van der Waals surface area contributed by atoms with E-state index in [-0.39, 0.29) is 0 Å². The van der Waals surface area contributed by atoms with Gasteiger partial charge < -0.3 is 0 Å². The first-order valence-corrected chi connectivity index (χ1v) is 6.02. The van der Waals surface area contributed by atoms with Crippen LogP contribution in [0.5, 0.6) is 0 Å². The normalized spacial score (nSPS) is 8.43. The van der Waals surface area contributed by atoms with E-state index >= 15 is 0 Å². The van der Waals surface area contributed by atoms with Gasteiger partial charge in [-0.3, -0.25) is 0 Å². The van der Waals surface area contributed by atoms with Gasteiger partial charge in [-0.2, -0.15) is 0 Å². The maximum absolute atomic E-state index is 4.88. The van der Waals surface area contributed by atoms with E-state index in [1.165, 1.54) is 0 Å². The van der Waals surface area contributed by atoms with Crippen molar-refractivity contribution < 1.29 is 0 Å². The second-order valence-corrected chi connectivity index (χ2v) is 4.03. The Morgan fingerprint density at radius 2 is 2.14 bits per heavy atom. The van der Waals surface area contributed by atoms with Crippen LogP contribution in [0.2, 0.25) is 0 Å². The summed E-state index contributed by atoms with van der Waals surface area (Å²) >= 11 is 6.54. The van der Waals surface area contributed by atoms with E-state index in [0.717, 1.165) is 4.32 Å². The van der Waals surface area contributed by atoms with Gasteiger partial charge in [0.1, 0.15) is 0 Å². The molecule has 0 bridgehead atoms. The van der Waals surface area contributed by atoms with E-state index in [1.807, 2.05) is 19.0 Å². The first kappa shape index (κ1) is 8.03. The monoisotopic (exact) mass is 251 g/mol. The third-order valence-corrected chi connectivity index (χ3v) is 4.17. The van der Waals surface area contributed by atoms with Crippen molar-refractivity contribution in [2.45, 2.75) is 0 Å². The Balaban J connectivity index is 3.35. The first-order valence-electron chi connectivity index (χ1n) is 1.71. The van der Waals surface area contributed by atoms with Crippen molar-refractivity contribution >= 4 is 46.4 Å².